The summed E-state index contributed by atoms with van der Waals surface area (Å²) in [4.78, 5) is 4.70. The molecule has 2 heterocycles. The van der Waals surface area contributed by atoms with Crippen molar-refractivity contribution in [2.45, 2.75) is 69.9 Å². The molecule has 1 saturated carbocycles. The van der Waals surface area contributed by atoms with Crippen molar-refractivity contribution in [2.75, 3.05) is 0 Å². The van der Waals surface area contributed by atoms with Crippen molar-refractivity contribution in [3.8, 4) is 0 Å². The van der Waals surface area contributed by atoms with Gasteiger partial charge in [0.1, 0.15) is 5.82 Å². The highest BCUT2D eigenvalue weighted by Crippen LogP contribution is 2.32. The van der Waals surface area contributed by atoms with Gasteiger partial charge in [0.2, 0.25) is 0 Å². The Kier molecular flexibility index (Phi) is 4.68. The van der Waals surface area contributed by atoms with Gasteiger partial charge in [-0.3, -0.25) is 0 Å². The second kappa shape index (κ2) is 6.07. The Labute approximate surface area is 116 Å². The van der Waals surface area contributed by atoms with Crippen LogP contribution in [0.5, 0.6) is 0 Å². The maximum absolute atomic E-state index is 6.09. The predicted octanol–water partition coefficient (Wildman–Crippen LogP) is 3.02. The van der Waals surface area contributed by atoms with E-state index in [1.165, 1.54) is 50.0 Å². The van der Waals surface area contributed by atoms with Crippen LogP contribution in [0.15, 0.2) is 6.20 Å². The fraction of sp³-hybridized carbons (Fsp3) is 0.786. The Morgan fingerprint density at radius 1 is 1.11 bits per heavy atom. The van der Waals surface area contributed by atoms with Crippen LogP contribution < -0.4 is 5.73 Å². The van der Waals surface area contributed by atoms with Crippen molar-refractivity contribution in [3.05, 3.63) is 17.7 Å². The molecule has 0 amide bonds. The highest BCUT2D eigenvalue weighted by molar-refractivity contribution is 5.85. The summed E-state index contributed by atoms with van der Waals surface area (Å²) in [5.41, 5.74) is 7.50. The van der Waals surface area contributed by atoms with E-state index in [0.29, 0.717) is 12.0 Å². The SMILES string of the molecule is Cl.NC1CCc2cnc(C3CCCCCC3)n2C1. The molecule has 2 aliphatic rings. The Morgan fingerprint density at radius 3 is 2.56 bits per heavy atom. The molecule has 0 saturated heterocycles. The molecule has 0 bridgehead atoms. The number of rotatable bonds is 1. The highest BCUT2D eigenvalue weighted by Gasteiger charge is 2.24. The minimum Gasteiger partial charge on any atom is -0.330 e. The summed E-state index contributed by atoms with van der Waals surface area (Å²) >= 11 is 0. The Hall–Kier alpha value is -0.540. The fourth-order valence-corrected chi connectivity index (χ4v) is 3.36. The largest absolute Gasteiger partial charge is 0.330 e. The normalized spacial score (nSPS) is 25.1. The van der Waals surface area contributed by atoms with Crippen LogP contribution in [0.2, 0.25) is 0 Å². The first-order chi connectivity index (χ1) is 8.34. The van der Waals surface area contributed by atoms with Crippen molar-refractivity contribution < 1.29 is 0 Å². The van der Waals surface area contributed by atoms with Crippen molar-refractivity contribution in [2.24, 2.45) is 5.73 Å². The van der Waals surface area contributed by atoms with E-state index in [0.717, 1.165) is 19.4 Å². The van der Waals surface area contributed by atoms with E-state index in [9.17, 15) is 0 Å². The van der Waals surface area contributed by atoms with Gasteiger partial charge in [0.05, 0.1) is 0 Å². The standard InChI is InChI=1S/C14H23N3.ClH/c15-12-7-8-13-9-16-14(17(13)10-12)11-5-3-1-2-4-6-11;/h9,11-12H,1-8,10,15H2;1H. The van der Waals surface area contributed by atoms with Crippen molar-refractivity contribution in [3.63, 3.8) is 0 Å². The quantitative estimate of drug-likeness (QED) is 0.797. The highest BCUT2D eigenvalue weighted by atomic mass is 35.5. The number of imidazole rings is 1. The number of aryl methyl sites for hydroxylation is 1. The van der Waals surface area contributed by atoms with Crippen LogP contribution in [0.1, 0.15) is 62.4 Å². The zero-order valence-electron chi connectivity index (χ0n) is 11.0. The number of nitrogens with two attached hydrogens (primary N) is 1. The van der Waals surface area contributed by atoms with Crippen LogP contribution in [0.25, 0.3) is 0 Å². The number of halogens is 1. The molecule has 1 fully saturated rings. The zero-order valence-corrected chi connectivity index (χ0v) is 11.8. The molecule has 102 valence electrons. The summed E-state index contributed by atoms with van der Waals surface area (Å²) in [7, 11) is 0. The first-order valence-electron chi connectivity index (χ1n) is 7.14. The average molecular weight is 270 g/mol. The van der Waals surface area contributed by atoms with E-state index in [4.69, 9.17) is 10.7 Å². The third-order valence-corrected chi connectivity index (χ3v) is 4.38. The van der Waals surface area contributed by atoms with Crippen LogP contribution >= 0.6 is 12.4 Å². The van der Waals surface area contributed by atoms with Crippen LogP contribution in [-0.4, -0.2) is 15.6 Å². The molecule has 1 aliphatic heterocycles. The maximum Gasteiger partial charge on any atom is 0.112 e. The molecular formula is C14H24ClN3. The monoisotopic (exact) mass is 269 g/mol. The van der Waals surface area contributed by atoms with Crippen molar-refractivity contribution in [1.29, 1.82) is 0 Å². The molecule has 1 aromatic rings. The summed E-state index contributed by atoms with van der Waals surface area (Å²) in [6, 6.07) is 0.334. The summed E-state index contributed by atoms with van der Waals surface area (Å²) in [6.45, 7) is 0.987. The number of aromatic nitrogens is 2. The molecule has 0 radical (unpaired) electrons. The minimum atomic E-state index is 0. The average Bonchev–Trinajstić information content (AvgIpc) is 2.58. The third kappa shape index (κ3) is 2.72. The summed E-state index contributed by atoms with van der Waals surface area (Å²) in [5, 5.41) is 0. The lowest BCUT2D eigenvalue weighted by atomic mass is 9.98. The van der Waals surface area contributed by atoms with Crippen LogP contribution in [-0.2, 0) is 13.0 Å². The molecule has 0 spiro atoms. The van der Waals surface area contributed by atoms with E-state index < -0.39 is 0 Å². The molecule has 4 heteroatoms. The second-order valence-corrected chi connectivity index (χ2v) is 5.71. The lowest BCUT2D eigenvalue weighted by Gasteiger charge is -2.24. The predicted molar refractivity (Wildman–Crippen MR) is 76.2 cm³/mol. The molecule has 1 unspecified atom stereocenters. The number of nitrogens with zero attached hydrogens (tertiary/aromatic N) is 2. The van der Waals surface area contributed by atoms with Gasteiger partial charge < -0.3 is 10.3 Å². The molecule has 1 aromatic heterocycles. The van der Waals surface area contributed by atoms with Crippen LogP contribution in [0, 0.1) is 0 Å². The van der Waals surface area contributed by atoms with Gasteiger partial charge in [-0.2, -0.15) is 0 Å². The molecule has 1 aliphatic carbocycles. The lowest BCUT2D eigenvalue weighted by molar-refractivity contribution is 0.427. The van der Waals surface area contributed by atoms with Gasteiger partial charge in [-0.1, -0.05) is 25.7 Å². The Balaban J connectivity index is 0.00000120. The van der Waals surface area contributed by atoms with E-state index in [-0.39, 0.29) is 12.4 Å². The second-order valence-electron chi connectivity index (χ2n) is 5.71. The first-order valence-corrected chi connectivity index (χ1v) is 7.14. The van der Waals surface area contributed by atoms with Crippen molar-refractivity contribution >= 4 is 12.4 Å². The van der Waals surface area contributed by atoms with Crippen LogP contribution in [0.4, 0.5) is 0 Å². The van der Waals surface area contributed by atoms with E-state index >= 15 is 0 Å². The van der Waals surface area contributed by atoms with Gasteiger partial charge in [-0.05, 0) is 25.7 Å². The molecule has 2 N–H and O–H groups in total. The van der Waals surface area contributed by atoms with Gasteiger partial charge >= 0.3 is 0 Å². The summed E-state index contributed by atoms with van der Waals surface area (Å²) in [5.74, 6) is 2.02. The smallest absolute Gasteiger partial charge is 0.112 e. The molecule has 0 aromatic carbocycles. The molecule has 18 heavy (non-hydrogen) atoms. The number of hydrogen-bond donors (Lipinski definition) is 1. The van der Waals surface area contributed by atoms with Gasteiger partial charge in [0.15, 0.2) is 0 Å². The van der Waals surface area contributed by atoms with Gasteiger partial charge in [-0.15, -0.1) is 12.4 Å². The Bertz CT molecular complexity index is 380. The summed E-state index contributed by atoms with van der Waals surface area (Å²) < 4.78 is 2.42. The topological polar surface area (TPSA) is 43.8 Å². The maximum atomic E-state index is 6.09. The fourth-order valence-electron chi connectivity index (χ4n) is 3.36. The number of hydrogen-bond acceptors (Lipinski definition) is 2. The molecule has 3 nitrogen and oxygen atoms in total. The first kappa shape index (κ1) is 13.9. The Morgan fingerprint density at radius 2 is 1.83 bits per heavy atom. The zero-order chi connectivity index (χ0) is 11.7. The number of fused-ring (bicyclic) bond motifs is 1. The molecular weight excluding hydrogens is 246 g/mol. The lowest BCUT2D eigenvalue weighted by Crippen LogP contribution is -2.32. The minimum absolute atomic E-state index is 0. The third-order valence-electron chi connectivity index (χ3n) is 4.38. The van der Waals surface area contributed by atoms with E-state index in [1.807, 2.05) is 0 Å². The molecule has 3 rings (SSSR count). The van der Waals surface area contributed by atoms with E-state index in [2.05, 4.69) is 10.8 Å². The molecule has 1 atom stereocenters. The van der Waals surface area contributed by atoms with Crippen molar-refractivity contribution in [1.82, 2.24) is 9.55 Å². The van der Waals surface area contributed by atoms with Gasteiger partial charge in [0, 0.05) is 30.4 Å². The summed E-state index contributed by atoms with van der Waals surface area (Å²) in [6.07, 6.45) is 12.5. The van der Waals surface area contributed by atoms with Gasteiger partial charge in [-0.25, -0.2) is 4.98 Å². The van der Waals surface area contributed by atoms with Gasteiger partial charge in [0.25, 0.3) is 0 Å². The van der Waals surface area contributed by atoms with E-state index in [1.54, 1.807) is 0 Å². The van der Waals surface area contributed by atoms with Crippen LogP contribution in [0.3, 0.4) is 0 Å².